The van der Waals surface area contributed by atoms with Crippen LogP contribution in [-0.2, 0) is 11.3 Å². The topological polar surface area (TPSA) is 61.0 Å². The largest absolute Gasteiger partial charge is 0.383 e. The average molecular weight is 293 g/mol. The molecule has 0 radical (unpaired) electrons. The molecule has 0 amide bonds. The first-order valence-corrected chi connectivity index (χ1v) is 5.06. The van der Waals surface area contributed by atoms with Gasteiger partial charge in [0, 0.05) is 6.20 Å². The zero-order valence-electron chi connectivity index (χ0n) is 7.62. The van der Waals surface area contributed by atoms with E-state index >= 15 is 0 Å². The molecule has 0 saturated heterocycles. The van der Waals surface area contributed by atoms with Crippen molar-refractivity contribution in [3.8, 4) is 0 Å². The molecule has 0 fully saturated rings. The third-order valence-electron chi connectivity index (χ3n) is 1.37. The van der Waals surface area contributed by atoms with E-state index in [1.54, 1.807) is 6.20 Å². The third kappa shape index (κ3) is 3.43. The van der Waals surface area contributed by atoms with Gasteiger partial charge in [-0.2, -0.15) is 0 Å². The molecule has 0 aromatic carbocycles. The number of aromatic nitrogens is 2. The molecule has 72 valence electrons. The molecule has 0 aliphatic heterocycles. The standard InChI is InChI=1S/C8H12IN3O/c1-5(2)13-4-7-11-3-6(9)8(10)12-7/h3,5H,4H2,1-2H3,(H2,10,11,12). The van der Waals surface area contributed by atoms with Crippen molar-refractivity contribution in [2.24, 2.45) is 0 Å². The lowest BCUT2D eigenvalue weighted by atomic mass is 10.5. The van der Waals surface area contributed by atoms with Gasteiger partial charge in [-0.15, -0.1) is 0 Å². The van der Waals surface area contributed by atoms with Crippen LogP contribution in [0.2, 0.25) is 0 Å². The molecule has 4 nitrogen and oxygen atoms in total. The summed E-state index contributed by atoms with van der Waals surface area (Å²) in [6.07, 6.45) is 1.88. The molecule has 0 atom stereocenters. The van der Waals surface area contributed by atoms with Crippen LogP contribution in [0.4, 0.5) is 5.82 Å². The maximum Gasteiger partial charge on any atom is 0.156 e. The number of hydrogen-bond donors (Lipinski definition) is 1. The van der Waals surface area contributed by atoms with Gasteiger partial charge in [-0.25, -0.2) is 9.97 Å². The molecule has 1 rings (SSSR count). The Labute approximate surface area is 91.0 Å². The van der Waals surface area contributed by atoms with Crippen LogP contribution >= 0.6 is 22.6 Å². The van der Waals surface area contributed by atoms with Crippen LogP contribution in [0.5, 0.6) is 0 Å². The van der Waals surface area contributed by atoms with Crippen LogP contribution in [0.1, 0.15) is 19.7 Å². The molecule has 5 heteroatoms. The van der Waals surface area contributed by atoms with Gasteiger partial charge in [0.2, 0.25) is 0 Å². The summed E-state index contributed by atoms with van der Waals surface area (Å²) in [5.74, 6) is 1.14. The number of anilines is 1. The molecule has 1 aromatic rings. The molecule has 13 heavy (non-hydrogen) atoms. The molecule has 0 spiro atoms. The quantitative estimate of drug-likeness (QED) is 0.860. The van der Waals surface area contributed by atoms with E-state index in [1.807, 2.05) is 13.8 Å². The van der Waals surface area contributed by atoms with Crippen molar-refractivity contribution in [1.82, 2.24) is 9.97 Å². The Kier molecular flexibility index (Phi) is 3.86. The van der Waals surface area contributed by atoms with Crippen LogP contribution in [0.15, 0.2) is 6.20 Å². The summed E-state index contributed by atoms with van der Waals surface area (Å²) in [5, 5.41) is 0. The minimum absolute atomic E-state index is 0.184. The Morgan fingerprint density at radius 3 is 2.85 bits per heavy atom. The van der Waals surface area contributed by atoms with Crippen molar-refractivity contribution in [1.29, 1.82) is 0 Å². The van der Waals surface area contributed by atoms with Gasteiger partial charge in [0.25, 0.3) is 0 Å². The molecule has 0 aliphatic rings. The van der Waals surface area contributed by atoms with Gasteiger partial charge in [0.1, 0.15) is 12.4 Å². The summed E-state index contributed by atoms with van der Waals surface area (Å²) in [4.78, 5) is 8.17. The van der Waals surface area contributed by atoms with Gasteiger partial charge >= 0.3 is 0 Å². The summed E-state index contributed by atoms with van der Waals surface area (Å²) < 4.78 is 6.21. The van der Waals surface area contributed by atoms with E-state index in [1.165, 1.54) is 0 Å². The van der Waals surface area contributed by atoms with E-state index in [9.17, 15) is 0 Å². The zero-order valence-corrected chi connectivity index (χ0v) is 9.78. The number of nitrogen functional groups attached to an aromatic ring is 1. The number of hydrogen-bond acceptors (Lipinski definition) is 4. The molecular weight excluding hydrogens is 281 g/mol. The maximum absolute atomic E-state index is 5.61. The van der Waals surface area contributed by atoms with Gasteiger partial charge in [0.15, 0.2) is 5.82 Å². The first-order chi connectivity index (χ1) is 6.09. The van der Waals surface area contributed by atoms with E-state index in [0.717, 1.165) is 3.57 Å². The highest BCUT2D eigenvalue weighted by Gasteiger charge is 2.02. The predicted octanol–water partition coefficient (Wildman–Crippen LogP) is 1.59. The first kappa shape index (κ1) is 10.6. The second-order valence-electron chi connectivity index (χ2n) is 2.88. The average Bonchev–Trinajstić information content (AvgIpc) is 2.07. The Morgan fingerprint density at radius 1 is 1.62 bits per heavy atom. The fourth-order valence-electron chi connectivity index (χ4n) is 0.729. The molecule has 2 N–H and O–H groups in total. The minimum Gasteiger partial charge on any atom is -0.383 e. The lowest BCUT2D eigenvalue weighted by Gasteiger charge is -2.06. The van der Waals surface area contributed by atoms with Crippen LogP contribution < -0.4 is 5.73 Å². The SMILES string of the molecule is CC(C)OCc1ncc(I)c(N)n1. The second-order valence-corrected chi connectivity index (χ2v) is 4.04. The van der Waals surface area contributed by atoms with Crippen molar-refractivity contribution in [2.75, 3.05) is 5.73 Å². The van der Waals surface area contributed by atoms with Gasteiger partial charge in [-0.1, -0.05) is 0 Å². The van der Waals surface area contributed by atoms with E-state index in [2.05, 4.69) is 32.6 Å². The van der Waals surface area contributed by atoms with Crippen LogP contribution in [0.3, 0.4) is 0 Å². The number of ether oxygens (including phenoxy) is 1. The molecule has 1 aromatic heterocycles. The summed E-state index contributed by atoms with van der Waals surface area (Å²) in [7, 11) is 0. The fourth-order valence-corrected chi connectivity index (χ4v) is 0.989. The van der Waals surface area contributed by atoms with Crippen molar-refractivity contribution < 1.29 is 4.74 Å². The highest BCUT2D eigenvalue weighted by molar-refractivity contribution is 14.1. The molecule has 0 bridgehead atoms. The highest BCUT2D eigenvalue weighted by Crippen LogP contribution is 2.10. The monoisotopic (exact) mass is 293 g/mol. The van der Waals surface area contributed by atoms with Crippen LogP contribution in [0.25, 0.3) is 0 Å². The summed E-state index contributed by atoms with van der Waals surface area (Å²) in [6, 6.07) is 0. The number of nitrogens with zero attached hydrogens (tertiary/aromatic N) is 2. The Morgan fingerprint density at radius 2 is 2.31 bits per heavy atom. The van der Waals surface area contributed by atoms with Gasteiger partial charge in [-0.05, 0) is 36.4 Å². The van der Waals surface area contributed by atoms with Gasteiger partial charge in [0.05, 0.1) is 9.67 Å². The summed E-state index contributed by atoms with van der Waals surface area (Å²) in [5.41, 5.74) is 5.61. The second kappa shape index (κ2) is 4.71. The minimum atomic E-state index is 0.184. The molecule has 1 heterocycles. The maximum atomic E-state index is 5.61. The van der Waals surface area contributed by atoms with Gasteiger partial charge < -0.3 is 10.5 Å². The Hall–Kier alpha value is -0.430. The number of rotatable bonds is 3. The fraction of sp³-hybridized carbons (Fsp3) is 0.500. The zero-order chi connectivity index (χ0) is 9.84. The Bertz CT molecular complexity index is 291. The molecule has 0 saturated carbocycles. The van der Waals surface area contributed by atoms with E-state index in [4.69, 9.17) is 10.5 Å². The van der Waals surface area contributed by atoms with Gasteiger partial charge in [-0.3, -0.25) is 0 Å². The first-order valence-electron chi connectivity index (χ1n) is 3.98. The smallest absolute Gasteiger partial charge is 0.156 e. The van der Waals surface area contributed by atoms with Crippen molar-refractivity contribution in [3.63, 3.8) is 0 Å². The predicted molar refractivity (Wildman–Crippen MR) is 59.1 cm³/mol. The van der Waals surface area contributed by atoms with Crippen LogP contribution in [-0.4, -0.2) is 16.1 Å². The summed E-state index contributed by atoms with van der Waals surface area (Å²) in [6.45, 7) is 4.35. The highest BCUT2D eigenvalue weighted by atomic mass is 127. The Balaban J connectivity index is 2.63. The van der Waals surface area contributed by atoms with Crippen LogP contribution in [0, 0.1) is 3.57 Å². The summed E-state index contributed by atoms with van der Waals surface area (Å²) >= 11 is 2.09. The molecule has 0 unspecified atom stereocenters. The van der Waals surface area contributed by atoms with E-state index in [0.29, 0.717) is 18.2 Å². The number of nitrogens with two attached hydrogens (primary N) is 1. The van der Waals surface area contributed by atoms with Crippen molar-refractivity contribution in [3.05, 3.63) is 15.6 Å². The van der Waals surface area contributed by atoms with E-state index in [-0.39, 0.29) is 6.10 Å². The lowest BCUT2D eigenvalue weighted by molar-refractivity contribution is 0.0613. The molecule has 0 aliphatic carbocycles. The normalized spacial score (nSPS) is 10.8. The third-order valence-corrected chi connectivity index (χ3v) is 2.20. The van der Waals surface area contributed by atoms with Crippen molar-refractivity contribution in [2.45, 2.75) is 26.6 Å². The lowest BCUT2D eigenvalue weighted by Crippen LogP contribution is -2.07. The van der Waals surface area contributed by atoms with E-state index < -0.39 is 0 Å². The van der Waals surface area contributed by atoms with Crippen molar-refractivity contribution >= 4 is 28.4 Å². The number of halogens is 1. The molecular formula is C8H12IN3O.